The fourth-order valence-corrected chi connectivity index (χ4v) is 2.08. The molecular weight excluding hydrogens is 568 g/mol. The molecule has 0 radical (unpaired) electrons. The molecule has 0 aromatic rings. The van der Waals surface area contributed by atoms with Gasteiger partial charge in [0.25, 0.3) is 0 Å². The van der Waals surface area contributed by atoms with E-state index in [2.05, 4.69) is 0 Å². The monoisotopic (exact) mass is 603 g/mol. The Hall–Kier alpha value is -0.997. The summed E-state index contributed by atoms with van der Waals surface area (Å²) in [7, 11) is 0. The first-order valence-corrected chi connectivity index (χ1v) is 10.3. The van der Waals surface area contributed by atoms with E-state index in [1.807, 2.05) is 0 Å². The van der Waals surface area contributed by atoms with Gasteiger partial charge in [0.05, 0.1) is 45.0 Å². The van der Waals surface area contributed by atoms with E-state index in [4.69, 9.17) is 66.4 Å². The first-order valence-electron chi connectivity index (χ1n) is 10.3. The third-order valence-electron chi connectivity index (χ3n) is 4.24. The van der Waals surface area contributed by atoms with Crippen LogP contribution >= 0.6 is 0 Å². The average Bonchev–Trinajstić information content (AvgIpc) is 2.85. The fraction of sp³-hybridized carbons (Fsp3) is 0.889. The zero-order valence-electron chi connectivity index (χ0n) is 19.9. The summed E-state index contributed by atoms with van der Waals surface area (Å²) in [4.78, 5) is 21.8. The molecule has 0 aliphatic rings. The molecule has 0 fully saturated rings. The van der Waals surface area contributed by atoms with Crippen molar-refractivity contribution in [2.45, 2.75) is 48.8 Å². The number of carboxylic acid groups (broad SMARTS) is 2. The minimum absolute atomic E-state index is 0. The van der Waals surface area contributed by atoms with Crippen molar-refractivity contribution in [3.8, 4) is 0 Å². The Bertz CT molecular complexity index is 510. The Labute approximate surface area is 224 Å². The van der Waals surface area contributed by atoms with Crippen LogP contribution in [0, 0.1) is 0 Å². The topological polar surface area (TPSA) is 346 Å². The van der Waals surface area contributed by atoms with Gasteiger partial charge < -0.3 is 86.2 Å². The first-order chi connectivity index (χ1) is 16.7. The number of nitrogens with zero attached hydrogens (tertiary/aromatic N) is 1. The second-order valence-corrected chi connectivity index (χ2v) is 7.00. The summed E-state index contributed by atoms with van der Waals surface area (Å²) in [5.74, 6) is -3.95. The van der Waals surface area contributed by atoms with Gasteiger partial charge in [-0.1, -0.05) is 0 Å². The quantitative estimate of drug-likeness (QED) is 0.0726. The predicted molar refractivity (Wildman–Crippen MR) is 110 cm³/mol. The molecule has 0 aromatic heterocycles. The standard InChI is InChI=1S/C6H15NO3.2C6H12O7.Zn/c8-4-1-7(2-5-9)3-6-10;2*7-1-2(8)3(9)4(10)5(11)6(12)13;/h8-10H,1-6H2;2*2-5,7-11H,1H2,(H,12,13);/q;;;+2/p-2. The molecule has 19 heteroatoms. The van der Waals surface area contributed by atoms with E-state index in [0.717, 1.165) is 0 Å². The molecule has 0 aliphatic heterocycles. The fourth-order valence-electron chi connectivity index (χ4n) is 2.08. The van der Waals surface area contributed by atoms with Gasteiger partial charge in [-0.25, -0.2) is 0 Å². The first kappa shape index (κ1) is 43.1. The minimum atomic E-state index is -2.31. The van der Waals surface area contributed by atoms with Crippen LogP contribution in [0.3, 0.4) is 0 Å². The summed E-state index contributed by atoms with van der Waals surface area (Å²) in [5, 5.41) is 132. The van der Waals surface area contributed by atoms with Crippen molar-refractivity contribution in [2.24, 2.45) is 0 Å². The summed E-state index contributed by atoms with van der Waals surface area (Å²) >= 11 is 0. The predicted octanol–water partition coefficient (Wildman–Crippen LogP) is -11.4. The van der Waals surface area contributed by atoms with Crippen molar-refractivity contribution in [2.75, 3.05) is 52.7 Å². The molecule has 0 saturated carbocycles. The molecule has 0 aliphatic carbocycles. The molecule has 218 valence electrons. The third-order valence-corrected chi connectivity index (χ3v) is 4.24. The van der Waals surface area contributed by atoms with Crippen molar-refractivity contribution in [1.82, 2.24) is 4.90 Å². The van der Waals surface area contributed by atoms with Gasteiger partial charge in [-0.05, 0) is 0 Å². The summed E-state index contributed by atoms with van der Waals surface area (Å²) in [6.45, 7) is 0.0271. The maximum Gasteiger partial charge on any atom is 2.00 e. The van der Waals surface area contributed by atoms with Gasteiger partial charge >= 0.3 is 19.5 Å². The van der Waals surface area contributed by atoms with Gasteiger partial charge in [0.2, 0.25) is 0 Å². The van der Waals surface area contributed by atoms with Gasteiger partial charge in [-0.15, -0.1) is 0 Å². The Morgan fingerprint density at radius 3 is 0.946 bits per heavy atom. The van der Waals surface area contributed by atoms with Crippen molar-refractivity contribution in [3.63, 3.8) is 0 Å². The maximum absolute atomic E-state index is 9.98. The molecule has 0 heterocycles. The zero-order chi connectivity index (χ0) is 29.0. The van der Waals surface area contributed by atoms with Crippen LogP contribution < -0.4 is 10.2 Å². The van der Waals surface area contributed by atoms with Crippen LogP contribution in [0.25, 0.3) is 0 Å². The Morgan fingerprint density at radius 1 is 0.541 bits per heavy atom. The van der Waals surface area contributed by atoms with Crippen LogP contribution in [0.5, 0.6) is 0 Å². The van der Waals surface area contributed by atoms with Crippen LogP contribution in [-0.2, 0) is 29.1 Å². The molecule has 13 N–H and O–H groups in total. The van der Waals surface area contributed by atoms with E-state index in [1.165, 1.54) is 0 Å². The molecule has 0 spiro atoms. The summed E-state index contributed by atoms with van der Waals surface area (Å²) in [5.41, 5.74) is 0. The number of rotatable bonds is 16. The number of hydrogen-bond acceptors (Lipinski definition) is 18. The van der Waals surface area contributed by atoms with Crippen molar-refractivity contribution >= 4 is 11.9 Å². The van der Waals surface area contributed by atoms with Gasteiger partial charge in [0.1, 0.15) is 48.8 Å². The normalized spacial score (nSPS) is 17.2. The van der Waals surface area contributed by atoms with Crippen molar-refractivity contribution in [3.05, 3.63) is 0 Å². The van der Waals surface area contributed by atoms with Gasteiger partial charge in [-0.2, -0.15) is 0 Å². The van der Waals surface area contributed by atoms with Gasteiger partial charge in [0, 0.05) is 19.6 Å². The van der Waals surface area contributed by atoms with E-state index >= 15 is 0 Å². The van der Waals surface area contributed by atoms with E-state index < -0.39 is 74.0 Å². The van der Waals surface area contributed by atoms with Crippen molar-refractivity contribution < 1.29 is 106 Å². The van der Waals surface area contributed by atoms with Crippen LogP contribution in [0.1, 0.15) is 0 Å². The molecule has 37 heavy (non-hydrogen) atoms. The zero-order valence-corrected chi connectivity index (χ0v) is 22.8. The number of aliphatic hydroxyl groups is 13. The third kappa shape index (κ3) is 19.7. The molecule has 18 nitrogen and oxygen atoms in total. The number of carboxylic acids is 2. The SMILES string of the molecule is O=C([O-])C(O)C(O)C(O)C(O)CO.O=C([O-])C(O)C(O)C(O)C(O)CO.OCCN(CCO)CCO.[Zn+2]. The van der Waals surface area contributed by atoms with E-state index in [1.54, 1.807) is 4.90 Å². The van der Waals surface area contributed by atoms with Crippen LogP contribution in [-0.4, -0.2) is 185 Å². The second-order valence-electron chi connectivity index (χ2n) is 7.00. The maximum atomic E-state index is 9.98. The second kappa shape index (κ2) is 25.3. The molecule has 0 saturated heterocycles. The Kier molecular flexibility index (Phi) is 29.4. The summed E-state index contributed by atoms with van der Waals surface area (Å²) < 4.78 is 0. The van der Waals surface area contributed by atoms with Crippen LogP contribution in [0.2, 0.25) is 0 Å². The minimum Gasteiger partial charge on any atom is -0.547 e. The smallest absolute Gasteiger partial charge is 0.547 e. The number of hydrogen-bond donors (Lipinski definition) is 13. The molecule has 8 unspecified atom stereocenters. The Morgan fingerprint density at radius 2 is 0.784 bits per heavy atom. The number of aliphatic hydroxyl groups excluding tert-OH is 13. The van der Waals surface area contributed by atoms with Crippen molar-refractivity contribution in [1.29, 1.82) is 0 Å². The molecule has 0 amide bonds. The van der Waals surface area contributed by atoms with E-state index in [0.29, 0.717) is 19.6 Å². The van der Waals surface area contributed by atoms with Gasteiger partial charge in [0.15, 0.2) is 0 Å². The summed E-state index contributed by atoms with van der Waals surface area (Å²) in [6.07, 6.45) is -16.2. The van der Waals surface area contributed by atoms with E-state index in [-0.39, 0.29) is 39.3 Å². The van der Waals surface area contributed by atoms with E-state index in [9.17, 15) is 19.8 Å². The largest absolute Gasteiger partial charge is 2.00 e. The number of carbonyl (C=O) groups excluding carboxylic acids is 2. The molecule has 0 aromatic carbocycles. The molecule has 8 atom stereocenters. The van der Waals surface area contributed by atoms with Crippen LogP contribution in [0.4, 0.5) is 0 Å². The van der Waals surface area contributed by atoms with Crippen LogP contribution in [0.15, 0.2) is 0 Å². The molecule has 0 rings (SSSR count). The summed E-state index contributed by atoms with van der Waals surface area (Å²) in [6, 6.07) is 0. The number of carbonyl (C=O) groups is 2. The average molecular weight is 605 g/mol. The molecular formula is C18H37NO17Zn. The Balaban J connectivity index is -0.000000220. The number of aliphatic carboxylic acids is 2. The molecule has 0 bridgehead atoms. The van der Waals surface area contributed by atoms with Gasteiger partial charge in [-0.3, -0.25) is 4.90 Å².